The molecule has 0 saturated carbocycles. The van der Waals surface area contributed by atoms with Gasteiger partial charge in [0, 0.05) is 0 Å². The molecule has 0 saturated heterocycles. The number of carbonyl (C=O) groups is 4. The Bertz CT molecular complexity index is 656. The highest BCUT2D eigenvalue weighted by Gasteiger charge is 2.21. The van der Waals surface area contributed by atoms with Gasteiger partial charge in [0.2, 0.25) is 11.8 Å². The molecule has 1 aromatic rings. The lowest BCUT2D eigenvalue weighted by molar-refractivity contribution is -0.145. The van der Waals surface area contributed by atoms with E-state index in [4.69, 9.17) is 4.74 Å². The third-order valence-electron chi connectivity index (χ3n) is 3.48. The van der Waals surface area contributed by atoms with Crippen molar-refractivity contribution >= 4 is 35.6 Å². The Balaban J connectivity index is 2.26. The molecule has 1 rings (SSSR count). The van der Waals surface area contributed by atoms with Gasteiger partial charge in [0.25, 0.3) is 0 Å². The van der Waals surface area contributed by atoms with Crippen LogP contribution >= 0.6 is 11.8 Å². The molecular formula is C18H25N3O6S. The van der Waals surface area contributed by atoms with E-state index in [1.807, 2.05) is 24.5 Å². The molecule has 3 amide bonds. The van der Waals surface area contributed by atoms with Crippen molar-refractivity contribution in [3.8, 4) is 0 Å². The van der Waals surface area contributed by atoms with Gasteiger partial charge in [-0.25, -0.2) is 9.59 Å². The fourth-order valence-electron chi connectivity index (χ4n) is 2.04. The quantitative estimate of drug-likeness (QED) is 0.452. The van der Waals surface area contributed by atoms with Crippen LogP contribution in [0.5, 0.6) is 0 Å². The Labute approximate surface area is 167 Å². The zero-order valence-electron chi connectivity index (χ0n) is 15.9. The van der Waals surface area contributed by atoms with Crippen LogP contribution in [0.25, 0.3) is 0 Å². The summed E-state index contributed by atoms with van der Waals surface area (Å²) in [4.78, 5) is 46.8. The van der Waals surface area contributed by atoms with Gasteiger partial charge in [-0.1, -0.05) is 30.3 Å². The molecular weight excluding hydrogens is 386 g/mol. The zero-order valence-corrected chi connectivity index (χ0v) is 16.7. The van der Waals surface area contributed by atoms with E-state index in [1.54, 1.807) is 12.1 Å². The van der Waals surface area contributed by atoms with Gasteiger partial charge in [-0.05, 0) is 24.0 Å². The molecule has 28 heavy (non-hydrogen) atoms. The number of methoxy groups -OCH3 is 1. The number of benzene rings is 1. The van der Waals surface area contributed by atoms with Gasteiger partial charge >= 0.3 is 12.1 Å². The van der Waals surface area contributed by atoms with Gasteiger partial charge in [-0.15, -0.1) is 0 Å². The van der Waals surface area contributed by atoms with E-state index in [0.717, 1.165) is 5.56 Å². The zero-order chi connectivity index (χ0) is 20.8. The predicted octanol–water partition coefficient (Wildman–Crippen LogP) is 0.440. The van der Waals surface area contributed by atoms with Crippen molar-refractivity contribution in [1.82, 2.24) is 16.0 Å². The molecule has 3 N–H and O–H groups in total. The highest BCUT2D eigenvalue weighted by atomic mass is 32.2. The molecule has 1 aromatic carbocycles. The average Bonchev–Trinajstić information content (AvgIpc) is 2.72. The topological polar surface area (TPSA) is 123 Å². The number of rotatable bonds is 11. The van der Waals surface area contributed by atoms with Crippen LogP contribution in [0.2, 0.25) is 0 Å². The number of esters is 1. The summed E-state index contributed by atoms with van der Waals surface area (Å²) in [6.45, 7) is -0.582. The second kappa shape index (κ2) is 13.4. The fourth-order valence-corrected chi connectivity index (χ4v) is 2.51. The fraction of sp³-hybridized carbons (Fsp3) is 0.444. The first-order chi connectivity index (χ1) is 13.5. The number of alkyl carbamates (subject to hydrolysis) is 1. The molecule has 0 heterocycles. The number of thioether (sulfide) groups is 1. The van der Waals surface area contributed by atoms with E-state index in [1.165, 1.54) is 18.9 Å². The summed E-state index contributed by atoms with van der Waals surface area (Å²) in [6, 6.07) is 8.33. The molecule has 0 aliphatic rings. The highest BCUT2D eigenvalue weighted by Crippen LogP contribution is 2.02. The summed E-state index contributed by atoms with van der Waals surface area (Å²) in [7, 11) is 1.24. The van der Waals surface area contributed by atoms with Gasteiger partial charge in [0.05, 0.1) is 13.7 Å². The number of nitrogens with one attached hydrogen (secondary N) is 3. The van der Waals surface area contributed by atoms with Crippen LogP contribution in [-0.2, 0) is 30.5 Å². The number of hydrogen-bond acceptors (Lipinski definition) is 7. The number of amides is 3. The Hall–Kier alpha value is -2.75. The first kappa shape index (κ1) is 23.3. The van der Waals surface area contributed by atoms with Crippen molar-refractivity contribution in [2.24, 2.45) is 0 Å². The molecule has 10 heteroatoms. The van der Waals surface area contributed by atoms with Gasteiger partial charge in [0.1, 0.15) is 19.2 Å². The van der Waals surface area contributed by atoms with Crippen molar-refractivity contribution < 1.29 is 28.7 Å². The molecule has 154 valence electrons. The van der Waals surface area contributed by atoms with Crippen LogP contribution in [-0.4, -0.2) is 62.1 Å². The van der Waals surface area contributed by atoms with Gasteiger partial charge in [0.15, 0.2) is 0 Å². The summed E-state index contributed by atoms with van der Waals surface area (Å²) in [6.07, 6.45) is 1.56. The van der Waals surface area contributed by atoms with E-state index in [2.05, 4.69) is 20.7 Å². The van der Waals surface area contributed by atoms with Crippen molar-refractivity contribution in [3.05, 3.63) is 35.9 Å². The van der Waals surface area contributed by atoms with E-state index >= 15 is 0 Å². The standard InChI is InChI=1S/C18H25N3O6S/c1-26-17(24)14(8-9-28-2)21-16(23)11-19-15(22)10-20-18(25)27-12-13-6-4-3-5-7-13/h3-7,14H,8-12H2,1-2H3,(H,19,22)(H,20,25)(H,21,23). The number of hydrogen-bond donors (Lipinski definition) is 3. The molecule has 1 atom stereocenters. The minimum atomic E-state index is -0.770. The second-order valence-corrected chi connectivity index (χ2v) is 6.60. The predicted molar refractivity (Wildman–Crippen MR) is 105 cm³/mol. The van der Waals surface area contributed by atoms with Crippen LogP contribution < -0.4 is 16.0 Å². The van der Waals surface area contributed by atoms with Crippen LogP contribution in [0, 0.1) is 0 Å². The highest BCUT2D eigenvalue weighted by molar-refractivity contribution is 7.98. The van der Waals surface area contributed by atoms with Gasteiger partial charge in [-0.2, -0.15) is 11.8 Å². The molecule has 1 unspecified atom stereocenters. The van der Waals surface area contributed by atoms with E-state index in [9.17, 15) is 19.2 Å². The maximum Gasteiger partial charge on any atom is 0.407 e. The van der Waals surface area contributed by atoms with E-state index in [-0.39, 0.29) is 19.7 Å². The summed E-state index contributed by atoms with van der Waals surface area (Å²) in [5, 5.41) is 7.15. The van der Waals surface area contributed by atoms with E-state index < -0.39 is 29.9 Å². The van der Waals surface area contributed by atoms with E-state index in [0.29, 0.717) is 12.2 Å². The third-order valence-corrected chi connectivity index (χ3v) is 4.13. The lowest BCUT2D eigenvalue weighted by Gasteiger charge is -2.16. The van der Waals surface area contributed by atoms with Gasteiger partial charge in [-0.3, -0.25) is 9.59 Å². The molecule has 0 radical (unpaired) electrons. The molecule has 0 aromatic heterocycles. The summed E-state index contributed by atoms with van der Waals surface area (Å²) in [5.74, 6) is -0.972. The van der Waals surface area contributed by atoms with Crippen LogP contribution in [0.4, 0.5) is 4.79 Å². The lowest BCUT2D eigenvalue weighted by Crippen LogP contribution is -2.47. The minimum absolute atomic E-state index is 0.0850. The molecule has 0 aliphatic heterocycles. The second-order valence-electron chi connectivity index (χ2n) is 5.62. The van der Waals surface area contributed by atoms with Crippen LogP contribution in [0.3, 0.4) is 0 Å². The van der Waals surface area contributed by atoms with Crippen molar-refractivity contribution in [2.75, 3.05) is 32.2 Å². The average molecular weight is 411 g/mol. The van der Waals surface area contributed by atoms with Crippen molar-refractivity contribution in [2.45, 2.75) is 19.1 Å². The lowest BCUT2D eigenvalue weighted by atomic mass is 10.2. The largest absolute Gasteiger partial charge is 0.467 e. The smallest absolute Gasteiger partial charge is 0.407 e. The Morgan fingerprint density at radius 3 is 2.36 bits per heavy atom. The van der Waals surface area contributed by atoms with Crippen molar-refractivity contribution in [1.29, 1.82) is 0 Å². The van der Waals surface area contributed by atoms with Gasteiger partial charge < -0.3 is 25.4 Å². The summed E-state index contributed by atoms with van der Waals surface area (Å²) in [5.41, 5.74) is 0.820. The summed E-state index contributed by atoms with van der Waals surface area (Å²) >= 11 is 1.53. The molecule has 9 nitrogen and oxygen atoms in total. The van der Waals surface area contributed by atoms with Crippen LogP contribution in [0.1, 0.15) is 12.0 Å². The first-order valence-corrected chi connectivity index (χ1v) is 9.93. The van der Waals surface area contributed by atoms with Crippen molar-refractivity contribution in [3.63, 3.8) is 0 Å². The minimum Gasteiger partial charge on any atom is -0.467 e. The third kappa shape index (κ3) is 9.81. The Morgan fingerprint density at radius 2 is 1.71 bits per heavy atom. The maximum atomic E-state index is 11.9. The monoisotopic (exact) mass is 411 g/mol. The molecule has 0 bridgehead atoms. The molecule has 0 fully saturated rings. The first-order valence-electron chi connectivity index (χ1n) is 8.53. The maximum absolute atomic E-state index is 11.9. The molecule has 0 aliphatic carbocycles. The van der Waals surface area contributed by atoms with Crippen LogP contribution in [0.15, 0.2) is 30.3 Å². The number of carbonyl (C=O) groups excluding carboxylic acids is 4. The Kier molecular flexibility index (Phi) is 11.2. The number of ether oxygens (including phenoxy) is 2. The summed E-state index contributed by atoms with van der Waals surface area (Å²) < 4.78 is 9.61. The SMILES string of the molecule is COC(=O)C(CCSC)NC(=O)CNC(=O)CNC(=O)OCc1ccccc1. The molecule has 0 spiro atoms. The Morgan fingerprint density at radius 1 is 1.04 bits per heavy atom. The normalized spacial score (nSPS) is 11.1.